The van der Waals surface area contributed by atoms with Gasteiger partial charge in [0.25, 0.3) is 0 Å². The summed E-state index contributed by atoms with van der Waals surface area (Å²) in [6, 6.07) is 6.92. The molecular weight excluding hydrogens is 329 g/mol. The van der Waals surface area contributed by atoms with Crippen molar-refractivity contribution in [2.24, 2.45) is 10.1 Å². The van der Waals surface area contributed by atoms with E-state index in [0.717, 1.165) is 22.2 Å². The molecule has 6 heteroatoms. The Morgan fingerprint density at radius 2 is 2.00 bits per heavy atom. The standard InChI is InChI=1S/C13H14FN3S.BrH/c14-10-6-4-9(5-7-10)12-8-18-13(17-16-12)15-11-2-1-3-11;/h4-7,11H,1-3,8H2,(H,15,17);1H. The maximum Gasteiger partial charge on any atom is 0.177 e. The lowest BCUT2D eigenvalue weighted by molar-refractivity contribution is 0.420. The lowest BCUT2D eigenvalue weighted by atomic mass is 9.94. The number of rotatable bonds is 2. The molecule has 0 amide bonds. The smallest absolute Gasteiger partial charge is 0.177 e. The van der Waals surface area contributed by atoms with Crippen molar-refractivity contribution in [2.75, 3.05) is 5.75 Å². The number of benzene rings is 1. The fourth-order valence-corrected chi connectivity index (χ4v) is 2.69. The van der Waals surface area contributed by atoms with Crippen molar-refractivity contribution in [1.82, 2.24) is 5.43 Å². The molecule has 2 aliphatic rings. The third-order valence-corrected chi connectivity index (χ3v) is 4.07. The van der Waals surface area contributed by atoms with Crippen LogP contribution >= 0.6 is 28.7 Å². The van der Waals surface area contributed by atoms with Crippen LogP contribution in [-0.4, -0.2) is 22.7 Å². The number of thioether (sulfide) groups is 1. The van der Waals surface area contributed by atoms with E-state index in [1.54, 1.807) is 23.9 Å². The molecule has 19 heavy (non-hydrogen) atoms. The molecule has 0 bridgehead atoms. The van der Waals surface area contributed by atoms with E-state index in [0.29, 0.717) is 6.04 Å². The quantitative estimate of drug-likeness (QED) is 0.893. The molecule has 0 atom stereocenters. The fourth-order valence-electron chi connectivity index (χ4n) is 1.85. The summed E-state index contributed by atoms with van der Waals surface area (Å²) in [6.07, 6.45) is 3.68. The lowest BCUT2D eigenvalue weighted by Crippen LogP contribution is -2.28. The van der Waals surface area contributed by atoms with Gasteiger partial charge in [-0.25, -0.2) is 4.39 Å². The molecule has 3 nitrogen and oxygen atoms in total. The Bertz CT molecular complexity index is 497. The summed E-state index contributed by atoms with van der Waals surface area (Å²) >= 11 is 1.66. The number of hydrazone groups is 1. The Hall–Kier alpha value is -0.880. The van der Waals surface area contributed by atoms with Crippen LogP contribution in [0.4, 0.5) is 4.39 Å². The van der Waals surface area contributed by atoms with Crippen molar-refractivity contribution < 1.29 is 4.39 Å². The van der Waals surface area contributed by atoms with E-state index in [9.17, 15) is 4.39 Å². The summed E-state index contributed by atoms with van der Waals surface area (Å²) in [4.78, 5) is 4.58. The molecule has 1 saturated carbocycles. The second kappa shape index (κ2) is 6.52. The molecule has 1 aliphatic heterocycles. The SMILES string of the molecule is Br.Fc1ccc(C2=NNC(=NC3CCC3)SC2)cc1. The third-order valence-electron chi connectivity index (χ3n) is 3.18. The van der Waals surface area contributed by atoms with E-state index in [1.807, 2.05) is 0 Å². The van der Waals surface area contributed by atoms with Crippen molar-refractivity contribution in [3.63, 3.8) is 0 Å². The number of nitrogens with one attached hydrogen (secondary N) is 1. The maximum absolute atomic E-state index is 12.8. The van der Waals surface area contributed by atoms with Crippen LogP contribution in [0, 0.1) is 5.82 Å². The van der Waals surface area contributed by atoms with Gasteiger partial charge in [-0.05, 0) is 37.0 Å². The highest BCUT2D eigenvalue weighted by molar-refractivity contribution is 8.93. The van der Waals surface area contributed by atoms with Crippen LogP contribution in [0.15, 0.2) is 34.4 Å². The molecule has 3 rings (SSSR count). The zero-order valence-corrected chi connectivity index (χ0v) is 12.8. The first kappa shape index (κ1) is 14.5. The molecule has 1 aromatic rings. The van der Waals surface area contributed by atoms with Gasteiger partial charge in [-0.15, -0.1) is 17.0 Å². The normalized spacial score (nSPS) is 21.1. The van der Waals surface area contributed by atoms with Crippen LogP contribution in [-0.2, 0) is 0 Å². The third kappa shape index (κ3) is 3.57. The predicted molar refractivity (Wildman–Crippen MR) is 83.9 cm³/mol. The van der Waals surface area contributed by atoms with Gasteiger partial charge in [-0.1, -0.05) is 23.9 Å². The van der Waals surface area contributed by atoms with E-state index in [-0.39, 0.29) is 22.8 Å². The highest BCUT2D eigenvalue weighted by Crippen LogP contribution is 2.24. The first-order valence-electron chi connectivity index (χ1n) is 6.10. The summed E-state index contributed by atoms with van der Waals surface area (Å²) < 4.78 is 12.8. The van der Waals surface area contributed by atoms with E-state index in [1.165, 1.54) is 31.4 Å². The molecule has 1 aliphatic carbocycles. The van der Waals surface area contributed by atoms with Gasteiger partial charge in [0.15, 0.2) is 5.17 Å². The number of nitrogens with zero attached hydrogens (tertiary/aromatic N) is 2. The Labute approximate surface area is 126 Å². The van der Waals surface area contributed by atoms with E-state index < -0.39 is 0 Å². The minimum atomic E-state index is -0.219. The number of hydrogen-bond donors (Lipinski definition) is 1. The van der Waals surface area contributed by atoms with Gasteiger partial charge in [0.1, 0.15) is 5.82 Å². The van der Waals surface area contributed by atoms with Crippen LogP contribution in [0.2, 0.25) is 0 Å². The Morgan fingerprint density at radius 1 is 1.26 bits per heavy atom. The van der Waals surface area contributed by atoms with Crippen LogP contribution in [0.1, 0.15) is 24.8 Å². The van der Waals surface area contributed by atoms with Crippen molar-refractivity contribution >= 4 is 39.6 Å². The first-order chi connectivity index (χ1) is 8.81. The van der Waals surface area contributed by atoms with Crippen molar-refractivity contribution in [3.8, 4) is 0 Å². The lowest BCUT2D eigenvalue weighted by Gasteiger charge is -2.23. The Morgan fingerprint density at radius 3 is 2.53 bits per heavy atom. The molecule has 0 spiro atoms. The summed E-state index contributed by atoms with van der Waals surface area (Å²) in [5.41, 5.74) is 4.88. The van der Waals surface area contributed by atoms with Gasteiger partial charge in [-0.2, -0.15) is 5.10 Å². The summed E-state index contributed by atoms with van der Waals surface area (Å²) in [6.45, 7) is 0. The molecule has 0 aromatic heterocycles. The Kier molecular flexibility index (Phi) is 4.99. The van der Waals surface area contributed by atoms with Gasteiger partial charge in [0.2, 0.25) is 0 Å². The highest BCUT2D eigenvalue weighted by Gasteiger charge is 2.19. The van der Waals surface area contributed by atoms with Crippen molar-refractivity contribution in [2.45, 2.75) is 25.3 Å². The first-order valence-corrected chi connectivity index (χ1v) is 7.09. The average molecular weight is 344 g/mol. The zero-order chi connectivity index (χ0) is 12.4. The van der Waals surface area contributed by atoms with E-state index >= 15 is 0 Å². The van der Waals surface area contributed by atoms with Crippen LogP contribution in [0.5, 0.6) is 0 Å². The molecule has 1 N–H and O–H groups in total. The van der Waals surface area contributed by atoms with Crippen LogP contribution < -0.4 is 5.43 Å². The summed E-state index contributed by atoms with van der Waals surface area (Å²) in [5.74, 6) is 0.562. The number of hydrogen-bond acceptors (Lipinski definition) is 3. The number of amidine groups is 1. The largest absolute Gasteiger partial charge is 0.258 e. The molecule has 102 valence electrons. The molecule has 1 heterocycles. The van der Waals surface area contributed by atoms with Gasteiger partial charge >= 0.3 is 0 Å². The van der Waals surface area contributed by atoms with E-state index in [4.69, 9.17) is 0 Å². The molecule has 0 radical (unpaired) electrons. The zero-order valence-electron chi connectivity index (χ0n) is 10.3. The molecule has 1 fully saturated rings. The monoisotopic (exact) mass is 343 g/mol. The average Bonchev–Trinajstić information content (AvgIpc) is 2.36. The van der Waals surface area contributed by atoms with Gasteiger partial charge < -0.3 is 0 Å². The van der Waals surface area contributed by atoms with Gasteiger partial charge in [0, 0.05) is 5.75 Å². The van der Waals surface area contributed by atoms with Gasteiger partial charge in [0.05, 0.1) is 11.8 Å². The Balaban J connectivity index is 0.00000133. The second-order valence-corrected chi connectivity index (χ2v) is 5.45. The summed E-state index contributed by atoms with van der Waals surface area (Å²) in [5, 5.41) is 5.22. The minimum absolute atomic E-state index is 0. The summed E-state index contributed by atoms with van der Waals surface area (Å²) in [7, 11) is 0. The maximum atomic E-state index is 12.8. The van der Waals surface area contributed by atoms with Crippen LogP contribution in [0.3, 0.4) is 0 Å². The predicted octanol–water partition coefficient (Wildman–Crippen LogP) is 3.35. The second-order valence-electron chi connectivity index (χ2n) is 4.48. The number of halogens is 2. The molecule has 1 aromatic carbocycles. The van der Waals surface area contributed by atoms with Gasteiger partial charge in [-0.3, -0.25) is 10.4 Å². The van der Waals surface area contributed by atoms with Crippen molar-refractivity contribution in [3.05, 3.63) is 35.6 Å². The minimum Gasteiger partial charge on any atom is -0.258 e. The molecular formula is C13H15BrFN3S. The topological polar surface area (TPSA) is 36.8 Å². The van der Waals surface area contributed by atoms with E-state index in [2.05, 4.69) is 15.5 Å². The highest BCUT2D eigenvalue weighted by atomic mass is 79.9. The van der Waals surface area contributed by atoms with Crippen molar-refractivity contribution in [1.29, 1.82) is 0 Å². The number of aliphatic imine (C=N–C) groups is 1. The fraction of sp³-hybridized carbons (Fsp3) is 0.385. The molecule has 0 unspecified atom stereocenters. The van der Waals surface area contributed by atoms with Crippen LogP contribution in [0.25, 0.3) is 0 Å². The molecule has 0 saturated heterocycles.